The summed E-state index contributed by atoms with van der Waals surface area (Å²) in [6.07, 6.45) is 2.86. The molecule has 3 heteroatoms. The van der Waals surface area contributed by atoms with Crippen LogP contribution in [0.15, 0.2) is 42.6 Å². The number of rotatable bonds is 5. The molecule has 1 heterocycles. The maximum absolute atomic E-state index is 4.25. The molecule has 0 fully saturated rings. The minimum absolute atomic E-state index is 0.877. The SMILES string of the molecule is CCNc1cc(Nc2cccc(CC)c2)ccn1. The van der Waals surface area contributed by atoms with Crippen molar-refractivity contribution in [3.8, 4) is 0 Å². The third-order valence-corrected chi connectivity index (χ3v) is 2.74. The van der Waals surface area contributed by atoms with Gasteiger partial charge in [0.05, 0.1) is 0 Å². The first-order chi connectivity index (χ1) is 8.81. The van der Waals surface area contributed by atoms with Crippen LogP contribution in [0.1, 0.15) is 19.4 Å². The molecule has 0 aliphatic heterocycles. The zero-order valence-corrected chi connectivity index (χ0v) is 10.9. The molecule has 0 atom stereocenters. The van der Waals surface area contributed by atoms with Gasteiger partial charge >= 0.3 is 0 Å². The Bertz CT molecular complexity index is 509. The zero-order chi connectivity index (χ0) is 12.8. The van der Waals surface area contributed by atoms with Crippen LogP contribution in [0.5, 0.6) is 0 Å². The van der Waals surface area contributed by atoms with Gasteiger partial charge in [-0.05, 0) is 37.1 Å². The van der Waals surface area contributed by atoms with E-state index < -0.39 is 0 Å². The van der Waals surface area contributed by atoms with Crippen molar-refractivity contribution in [3.05, 3.63) is 48.2 Å². The monoisotopic (exact) mass is 241 g/mol. The molecule has 0 saturated heterocycles. The van der Waals surface area contributed by atoms with Gasteiger partial charge in [0.1, 0.15) is 5.82 Å². The molecule has 0 unspecified atom stereocenters. The lowest BCUT2D eigenvalue weighted by atomic mass is 10.1. The van der Waals surface area contributed by atoms with E-state index >= 15 is 0 Å². The standard InChI is InChI=1S/C15H19N3/c1-3-12-6-5-7-13(10-12)18-14-8-9-17-15(11-14)16-4-2/h5-11H,3-4H2,1-2H3,(H2,16,17,18). The van der Waals surface area contributed by atoms with Crippen LogP contribution in [0.4, 0.5) is 17.2 Å². The second-order valence-electron chi connectivity index (χ2n) is 4.14. The van der Waals surface area contributed by atoms with Gasteiger partial charge < -0.3 is 10.6 Å². The summed E-state index contributed by atoms with van der Waals surface area (Å²) >= 11 is 0. The molecule has 0 saturated carbocycles. The molecule has 0 aliphatic carbocycles. The number of pyridine rings is 1. The number of aryl methyl sites for hydroxylation is 1. The fourth-order valence-electron chi connectivity index (χ4n) is 1.82. The van der Waals surface area contributed by atoms with Crippen LogP contribution in [0.25, 0.3) is 0 Å². The van der Waals surface area contributed by atoms with Crippen LogP contribution < -0.4 is 10.6 Å². The molecule has 3 nitrogen and oxygen atoms in total. The molecule has 2 N–H and O–H groups in total. The molecule has 18 heavy (non-hydrogen) atoms. The largest absolute Gasteiger partial charge is 0.370 e. The molecule has 1 aromatic carbocycles. The fourth-order valence-corrected chi connectivity index (χ4v) is 1.82. The maximum Gasteiger partial charge on any atom is 0.127 e. The van der Waals surface area contributed by atoms with Gasteiger partial charge in [-0.2, -0.15) is 0 Å². The number of hydrogen-bond donors (Lipinski definition) is 2. The molecule has 0 spiro atoms. The van der Waals surface area contributed by atoms with Crippen LogP contribution in [0.3, 0.4) is 0 Å². The Labute approximate surface area is 108 Å². The first kappa shape index (κ1) is 12.4. The number of anilines is 3. The lowest BCUT2D eigenvalue weighted by Gasteiger charge is -2.09. The number of hydrogen-bond acceptors (Lipinski definition) is 3. The molecule has 1 aromatic heterocycles. The highest BCUT2D eigenvalue weighted by atomic mass is 15.0. The van der Waals surface area contributed by atoms with Crippen LogP contribution in [0, 0.1) is 0 Å². The molecule has 0 amide bonds. The molecule has 94 valence electrons. The highest BCUT2D eigenvalue weighted by Gasteiger charge is 1.98. The average Bonchev–Trinajstić information content (AvgIpc) is 2.40. The van der Waals surface area contributed by atoms with E-state index in [-0.39, 0.29) is 0 Å². The Morgan fingerprint density at radius 1 is 1.06 bits per heavy atom. The van der Waals surface area contributed by atoms with Gasteiger partial charge in [-0.1, -0.05) is 19.1 Å². The van der Waals surface area contributed by atoms with E-state index in [1.807, 2.05) is 18.3 Å². The molecule has 0 bridgehead atoms. The van der Waals surface area contributed by atoms with Crippen LogP contribution >= 0.6 is 0 Å². The van der Waals surface area contributed by atoms with Gasteiger partial charge in [-0.3, -0.25) is 0 Å². The second kappa shape index (κ2) is 6.05. The molecular formula is C15H19N3. The minimum atomic E-state index is 0.877. The Morgan fingerprint density at radius 3 is 2.67 bits per heavy atom. The Hall–Kier alpha value is -2.03. The van der Waals surface area contributed by atoms with Gasteiger partial charge in [0.15, 0.2) is 0 Å². The van der Waals surface area contributed by atoms with Gasteiger partial charge in [-0.25, -0.2) is 4.98 Å². The van der Waals surface area contributed by atoms with E-state index in [0.29, 0.717) is 0 Å². The number of benzene rings is 1. The average molecular weight is 241 g/mol. The molecule has 2 aromatic rings. The van der Waals surface area contributed by atoms with Crippen molar-refractivity contribution in [2.24, 2.45) is 0 Å². The second-order valence-corrected chi connectivity index (χ2v) is 4.14. The number of aromatic nitrogens is 1. The van der Waals surface area contributed by atoms with Crippen molar-refractivity contribution < 1.29 is 0 Å². The first-order valence-corrected chi connectivity index (χ1v) is 6.37. The summed E-state index contributed by atoms with van der Waals surface area (Å²) in [4.78, 5) is 4.25. The highest BCUT2D eigenvalue weighted by Crippen LogP contribution is 2.19. The van der Waals surface area contributed by atoms with E-state index in [9.17, 15) is 0 Å². The van der Waals surface area contributed by atoms with Gasteiger partial charge in [0.25, 0.3) is 0 Å². The predicted molar refractivity (Wildman–Crippen MR) is 77.5 cm³/mol. The smallest absolute Gasteiger partial charge is 0.127 e. The van der Waals surface area contributed by atoms with Crippen molar-refractivity contribution in [3.63, 3.8) is 0 Å². The van der Waals surface area contributed by atoms with Crippen molar-refractivity contribution in [2.75, 3.05) is 17.2 Å². The van der Waals surface area contributed by atoms with Crippen molar-refractivity contribution >= 4 is 17.2 Å². The summed E-state index contributed by atoms with van der Waals surface area (Å²) in [5.74, 6) is 0.897. The van der Waals surface area contributed by atoms with E-state index in [0.717, 1.165) is 30.2 Å². The third kappa shape index (κ3) is 3.23. The minimum Gasteiger partial charge on any atom is -0.370 e. The van der Waals surface area contributed by atoms with E-state index in [1.165, 1.54) is 5.56 Å². The summed E-state index contributed by atoms with van der Waals surface area (Å²) in [5, 5.41) is 6.60. The van der Waals surface area contributed by atoms with Crippen LogP contribution in [0.2, 0.25) is 0 Å². The van der Waals surface area contributed by atoms with Crippen LogP contribution in [-0.2, 0) is 6.42 Å². The molecule has 0 radical (unpaired) electrons. The summed E-state index contributed by atoms with van der Waals surface area (Å²) < 4.78 is 0. The zero-order valence-electron chi connectivity index (χ0n) is 10.9. The quantitative estimate of drug-likeness (QED) is 0.835. The number of nitrogens with zero attached hydrogens (tertiary/aromatic N) is 1. The third-order valence-electron chi connectivity index (χ3n) is 2.74. The summed E-state index contributed by atoms with van der Waals surface area (Å²) in [5.41, 5.74) is 3.50. The molecule has 0 aliphatic rings. The van der Waals surface area contributed by atoms with Crippen LogP contribution in [-0.4, -0.2) is 11.5 Å². The summed E-state index contributed by atoms with van der Waals surface area (Å²) in [7, 11) is 0. The summed E-state index contributed by atoms with van der Waals surface area (Å²) in [6, 6.07) is 12.5. The predicted octanol–water partition coefficient (Wildman–Crippen LogP) is 3.82. The normalized spacial score (nSPS) is 10.1. The fraction of sp³-hybridized carbons (Fsp3) is 0.267. The highest BCUT2D eigenvalue weighted by molar-refractivity contribution is 5.62. The maximum atomic E-state index is 4.25. The van der Waals surface area contributed by atoms with Crippen molar-refractivity contribution in [1.29, 1.82) is 0 Å². The molecular weight excluding hydrogens is 222 g/mol. The lowest BCUT2D eigenvalue weighted by molar-refractivity contribution is 1.14. The summed E-state index contributed by atoms with van der Waals surface area (Å²) in [6.45, 7) is 5.10. The Balaban J connectivity index is 2.14. The van der Waals surface area contributed by atoms with E-state index in [2.05, 4.69) is 53.7 Å². The topological polar surface area (TPSA) is 37.0 Å². The van der Waals surface area contributed by atoms with E-state index in [1.54, 1.807) is 0 Å². The van der Waals surface area contributed by atoms with Gasteiger partial charge in [0, 0.05) is 30.2 Å². The van der Waals surface area contributed by atoms with E-state index in [4.69, 9.17) is 0 Å². The molecule has 2 rings (SSSR count). The van der Waals surface area contributed by atoms with Crippen molar-refractivity contribution in [2.45, 2.75) is 20.3 Å². The van der Waals surface area contributed by atoms with Crippen molar-refractivity contribution in [1.82, 2.24) is 4.98 Å². The number of nitrogens with one attached hydrogen (secondary N) is 2. The Kier molecular flexibility index (Phi) is 4.18. The first-order valence-electron chi connectivity index (χ1n) is 6.37. The van der Waals surface area contributed by atoms with Gasteiger partial charge in [-0.15, -0.1) is 0 Å². The lowest BCUT2D eigenvalue weighted by Crippen LogP contribution is -2.00. The Morgan fingerprint density at radius 2 is 1.89 bits per heavy atom. The van der Waals surface area contributed by atoms with Gasteiger partial charge in [0.2, 0.25) is 0 Å².